The molecule has 0 unspecified atom stereocenters. The SMILES string of the molecule is Nc1ccc(F)c(F)c1NC(=O)c1cc(Br)ccc1F. The molecule has 0 atom stereocenters. The number of hydrogen-bond donors (Lipinski definition) is 2. The van der Waals surface area contributed by atoms with E-state index in [4.69, 9.17) is 5.73 Å². The van der Waals surface area contributed by atoms with Gasteiger partial charge in [-0.1, -0.05) is 15.9 Å². The van der Waals surface area contributed by atoms with Crippen molar-refractivity contribution in [3.63, 3.8) is 0 Å². The Morgan fingerprint density at radius 1 is 1.10 bits per heavy atom. The largest absolute Gasteiger partial charge is 0.397 e. The second-order valence-corrected chi connectivity index (χ2v) is 4.82. The molecule has 7 heteroatoms. The fraction of sp³-hybridized carbons (Fsp3) is 0. The van der Waals surface area contributed by atoms with E-state index in [0.717, 1.165) is 18.2 Å². The van der Waals surface area contributed by atoms with Crippen molar-refractivity contribution in [2.75, 3.05) is 11.1 Å². The van der Waals surface area contributed by atoms with E-state index in [-0.39, 0.29) is 11.3 Å². The van der Waals surface area contributed by atoms with Crippen LogP contribution in [0, 0.1) is 17.5 Å². The lowest BCUT2D eigenvalue weighted by Gasteiger charge is -2.10. The average Bonchev–Trinajstić information content (AvgIpc) is 2.41. The molecule has 0 aliphatic carbocycles. The minimum Gasteiger partial charge on any atom is -0.397 e. The quantitative estimate of drug-likeness (QED) is 0.816. The van der Waals surface area contributed by atoms with Crippen molar-refractivity contribution in [3.8, 4) is 0 Å². The highest BCUT2D eigenvalue weighted by atomic mass is 79.9. The van der Waals surface area contributed by atoms with Crippen molar-refractivity contribution in [1.29, 1.82) is 0 Å². The normalized spacial score (nSPS) is 10.4. The molecule has 0 heterocycles. The van der Waals surface area contributed by atoms with Gasteiger partial charge in [0.25, 0.3) is 5.91 Å². The minimum atomic E-state index is -1.30. The highest BCUT2D eigenvalue weighted by molar-refractivity contribution is 9.10. The number of carbonyl (C=O) groups is 1. The molecule has 104 valence electrons. The third kappa shape index (κ3) is 2.77. The molecular weight excluding hydrogens is 337 g/mol. The summed E-state index contributed by atoms with van der Waals surface area (Å²) >= 11 is 3.09. The Kier molecular flexibility index (Phi) is 3.99. The van der Waals surface area contributed by atoms with Gasteiger partial charge in [0, 0.05) is 4.47 Å². The number of rotatable bonds is 2. The maximum atomic E-state index is 13.5. The van der Waals surface area contributed by atoms with E-state index in [0.29, 0.717) is 4.47 Å². The van der Waals surface area contributed by atoms with Crippen LogP contribution < -0.4 is 11.1 Å². The van der Waals surface area contributed by atoms with E-state index in [1.165, 1.54) is 12.1 Å². The molecule has 0 saturated carbocycles. The van der Waals surface area contributed by atoms with Crippen LogP contribution in [0.4, 0.5) is 24.5 Å². The van der Waals surface area contributed by atoms with Crippen LogP contribution in [-0.4, -0.2) is 5.91 Å². The van der Waals surface area contributed by atoms with Gasteiger partial charge in [0.05, 0.1) is 11.3 Å². The zero-order valence-corrected chi connectivity index (χ0v) is 11.5. The van der Waals surface area contributed by atoms with Crippen molar-refractivity contribution in [2.24, 2.45) is 0 Å². The van der Waals surface area contributed by atoms with E-state index < -0.39 is 29.0 Å². The maximum absolute atomic E-state index is 13.5. The summed E-state index contributed by atoms with van der Waals surface area (Å²) in [5.41, 5.74) is 4.46. The summed E-state index contributed by atoms with van der Waals surface area (Å²) in [6.07, 6.45) is 0. The van der Waals surface area contributed by atoms with Gasteiger partial charge < -0.3 is 11.1 Å². The number of nitrogens with two attached hydrogens (primary N) is 1. The number of benzene rings is 2. The molecule has 0 bridgehead atoms. The Morgan fingerprint density at radius 2 is 1.75 bits per heavy atom. The van der Waals surface area contributed by atoms with Gasteiger partial charge in [0.1, 0.15) is 11.5 Å². The minimum absolute atomic E-state index is 0.160. The molecule has 20 heavy (non-hydrogen) atoms. The predicted octanol–water partition coefficient (Wildman–Crippen LogP) is 3.70. The first-order valence-corrected chi connectivity index (χ1v) is 6.19. The predicted molar refractivity (Wildman–Crippen MR) is 72.8 cm³/mol. The number of halogens is 4. The summed E-state index contributed by atoms with van der Waals surface area (Å²) in [6, 6.07) is 5.64. The molecule has 0 aliphatic heterocycles. The van der Waals surface area contributed by atoms with Crippen molar-refractivity contribution >= 4 is 33.2 Å². The molecule has 2 rings (SSSR count). The lowest BCUT2D eigenvalue weighted by molar-refractivity contribution is 0.102. The molecule has 2 aromatic carbocycles. The Hall–Kier alpha value is -2.02. The Labute approximate surface area is 120 Å². The highest BCUT2D eigenvalue weighted by Gasteiger charge is 2.18. The van der Waals surface area contributed by atoms with Gasteiger partial charge in [-0.25, -0.2) is 13.2 Å². The molecule has 0 aliphatic rings. The molecule has 0 spiro atoms. The van der Waals surface area contributed by atoms with Crippen LogP contribution in [0.15, 0.2) is 34.8 Å². The highest BCUT2D eigenvalue weighted by Crippen LogP contribution is 2.26. The number of nitrogens with one attached hydrogen (secondary N) is 1. The zero-order valence-electron chi connectivity index (χ0n) is 9.88. The summed E-state index contributed by atoms with van der Waals surface area (Å²) in [6.45, 7) is 0. The number of hydrogen-bond acceptors (Lipinski definition) is 2. The Bertz CT molecular complexity index is 692. The van der Waals surface area contributed by atoms with E-state index in [9.17, 15) is 18.0 Å². The smallest absolute Gasteiger partial charge is 0.258 e. The molecule has 0 saturated heterocycles. The molecular formula is C13H8BrF3N2O. The van der Waals surface area contributed by atoms with E-state index in [2.05, 4.69) is 21.2 Å². The monoisotopic (exact) mass is 344 g/mol. The topological polar surface area (TPSA) is 55.1 Å². The number of amides is 1. The summed E-state index contributed by atoms with van der Waals surface area (Å²) in [7, 11) is 0. The molecule has 0 aromatic heterocycles. The molecule has 2 aromatic rings. The second-order valence-electron chi connectivity index (χ2n) is 3.90. The summed E-state index contributed by atoms with van der Waals surface area (Å²) in [5, 5.41) is 2.06. The first kappa shape index (κ1) is 14.4. The van der Waals surface area contributed by atoms with Gasteiger partial charge in [-0.3, -0.25) is 4.79 Å². The van der Waals surface area contributed by atoms with E-state index in [1.54, 1.807) is 0 Å². The molecule has 0 radical (unpaired) electrons. The van der Waals surface area contributed by atoms with Gasteiger partial charge in [0.2, 0.25) is 0 Å². The first-order valence-electron chi connectivity index (χ1n) is 5.40. The molecule has 0 fully saturated rings. The lowest BCUT2D eigenvalue weighted by atomic mass is 10.2. The summed E-state index contributed by atoms with van der Waals surface area (Å²) < 4.78 is 40.6. The van der Waals surface area contributed by atoms with Gasteiger partial charge >= 0.3 is 0 Å². The number of nitrogen functional groups attached to an aromatic ring is 1. The average molecular weight is 345 g/mol. The standard InChI is InChI=1S/C13H8BrF3N2O/c14-6-1-2-8(15)7(5-6)13(20)19-12-10(18)4-3-9(16)11(12)17/h1-5H,18H2,(H,19,20). The van der Waals surface area contributed by atoms with Crippen molar-refractivity contribution in [3.05, 3.63) is 57.8 Å². The van der Waals surface area contributed by atoms with Crippen LogP contribution in [0.25, 0.3) is 0 Å². The summed E-state index contributed by atoms with van der Waals surface area (Å²) in [5.74, 6) is -4.18. The lowest BCUT2D eigenvalue weighted by Crippen LogP contribution is -2.16. The Balaban J connectivity index is 2.38. The Morgan fingerprint density at radius 3 is 2.45 bits per heavy atom. The van der Waals surface area contributed by atoms with Crippen LogP contribution in [-0.2, 0) is 0 Å². The van der Waals surface area contributed by atoms with Gasteiger partial charge in [-0.2, -0.15) is 0 Å². The molecule has 1 amide bonds. The van der Waals surface area contributed by atoms with Crippen LogP contribution in [0.1, 0.15) is 10.4 Å². The third-order valence-electron chi connectivity index (χ3n) is 2.54. The van der Waals surface area contributed by atoms with Gasteiger partial charge in [0.15, 0.2) is 11.6 Å². The van der Waals surface area contributed by atoms with Gasteiger partial charge in [-0.05, 0) is 30.3 Å². The zero-order chi connectivity index (χ0) is 14.9. The summed E-state index contributed by atoms with van der Waals surface area (Å²) in [4.78, 5) is 11.9. The van der Waals surface area contributed by atoms with Crippen LogP contribution in [0.2, 0.25) is 0 Å². The van der Waals surface area contributed by atoms with Crippen LogP contribution in [0.3, 0.4) is 0 Å². The fourth-order valence-electron chi connectivity index (χ4n) is 1.54. The molecule has 3 N–H and O–H groups in total. The van der Waals surface area contributed by atoms with E-state index >= 15 is 0 Å². The third-order valence-corrected chi connectivity index (χ3v) is 3.03. The maximum Gasteiger partial charge on any atom is 0.258 e. The van der Waals surface area contributed by atoms with Crippen molar-refractivity contribution in [2.45, 2.75) is 0 Å². The number of anilines is 2. The number of carbonyl (C=O) groups excluding carboxylic acids is 1. The first-order chi connectivity index (χ1) is 9.40. The fourth-order valence-corrected chi connectivity index (χ4v) is 1.91. The molecule has 3 nitrogen and oxygen atoms in total. The van der Waals surface area contributed by atoms with Crippen LogP contribution >= 0.6 is 15.9 Å². The van der Waals surface area contributed by atoms with Crippen molar-refractivity contribution < 1.29 is 18.0 Å². The van der Waals surface area contributed by atoms with Crippen molar-refractivity contribution in [1.82, 2.24) is 0 Å². The van der Waals surface area contributed by atoms with Gasteiger partial charge in [-0.15, -0.1) is 0 Å². The van der Waals surface area contributed by atoms with Crippen LogP contribution in [0.5, 0.6) is 0 Å². The second kappa shape index (κ2) is 5.54. The van der Waals surface area contributed by atoms with E-state index in [1.807, 2.05) is 0 Å².